The lowest BCUT2D eigenvalue weighted by molar-refractivity contribution is -0.140. The van der Waals surface area contributed by atoms with Crippen molar-refractivity contribution in [3.63, 3.8) is 0 Å². The van der Waals surface area contributed by atoms with Crippen molar-refractivity contribution in [1.82, 2.24) is 20.3 Å². The van der Waals surface area contributed by atoms with Crippen molar-refractivity contribution in [2.75, 3.05) is 36.4 Å². The minimum atomic E-state index is -0.121. The van der Waals surface area contributed by atoms with Gasteiger partial charge in [-0.1, -0.05) is 31.1 Å². The van der Waals surface area contributed by atoms with E-state index in [1.54, 1.807) is 12.1 Å². The average Bonchev–Trinajstić information content (AvgIpc) is 3.47. The lowest BCUT2D eigenvalue weighted by Crippen LogP contribution is -2.57. The zero-order valence-corrected chi connectivity index (χ0v) is 20.8. The van der Waals surface area contributed by atoms with Crippen LogP contribution >= 0.6 is 0 Å². The van der Waals surface area contributed by atoms with Gasteiger partial charge in [-0.2, -0.15) is 0 Å². The number of phenols is 1. The molecule has 1 saturated carbocycles. The summed E-state index contributed by atoms with van der Waals surface area (Å²) in [5.41, 5.74) is 2.31. The molecular formula is C27H32N6O3. The molecule has 1 aromatic carbocycles. The predicted molar refractivity (Wildman–Crippen MR) is 136 cm³/mol. The highest BCUT2D eigenvalue weighted by molar-refractivity contribution is 5.81. The van der Waals surface area contributed by atoms with Crippen LogP contribution in [-0.4, -0.2) is 63.0 Å². The fourth-order valence-corrected chi connectivity index (χ4v) is 5.82. The number of carbonyl (C=O) groups excluding carboxylic acids is 1. The molecule has 3 aliphatic rings. The fraction of sp³-hybridized carbons (Fsp3) is 0.481. The Morgan fingerprint density at radius 3 is 2.69 bits per heavy atom. The Morgan fingerprint density at radius 1 is 1.17 bits per heavy atom. The predicted octanol–water partition coefficient (Wildman–Crippen LogP) is 3.50. The van der Waals surface area contributed by atoms with Crippen molar-refractivity contribution in [2.45, 2.75) is 45.1 Å². The van der Waals surface area contributed by atoms with Crippen LogP contribution < -0.4 is 10.2 Å². The summed E-state index contributed by atoms with van der Waals surface area (Å²) in [6, 6.07) is 11.2. The van der Waals surface area contributed by atoms with E-state index in [-0.39, 0.29) is 23.1 Å². The third-order valence-electron chi connectivity index (χ3n) is 7.66. The molecule has 1 saturated heterocycles. The minimum Gasteiger partial charge on any atom is -0.507 e. The van der Waals surface area contributed by atoms with Crippen molar-refractivity contribution < 1.29 is 14.4 Å². The molecule has 3 aromatic rings. The van der Waals surface area contributed by atoms with E-state index in [1.807, 2.05) is 29.2 Å². The number of fused-ring (bicyclic) bond motifs is 1. The van der Waals surface area contributed by atoms with Crippen LogP contribution in [0.4, 0.5) is 11.6 Å². The molecule has 4 heterocycles. The second kappa shape index (κ2) is 8.80. The Morgan fingerprint density at radius 2 is 1.94 bits per heavy atom. The zero-order valence-electron chi connectivity index (χ0n) is 20.8. The zero-order chi connectivity index (χ0) is 24.9. The summed E-state index contributed by atoms with van der Waals surface area (Å²) in [6.07, 6.45) is 3.31. The average molecular weight is 489 g/mol. The molecule has 0 bridgehead atoms. The first kappa shape index (κ1) is 22.8. The lowest BCUT2D eigenvalue weighted by Gasteiger charge is -2.47. The number of carbonyl (C=O) groups is 1. The summed E-state index contributed by atoms with van der Waals surface area (Å²) < 4.78 is 5.49. The van der Waals surface area contributed by atoms with Gasteiger partial charge in [-0.15, -0.1) is 10.2 Å². The molecule has 0 unspecified atom stereocenters. The van der Waals surface area contributed by atoms with E-state index in [4.69, 9.17) is 4.52 Å². The van der Waals surface area contributed by atoms with E-state index in [9.17, 15) is 9.90 Å². The number of anilines is 2. The van der Waals surface area contributed by atoms with Gasteiger partial charge in [0.2, 0.25) is 5.91 Å². The van der Waals surface area contributed by atoms with Gasteiger partial charge in [0.05, 0.1) is 5.69 Å². The second-order valence-corrected chi connectivity index (χ2v) is 10.9. The highest BCUT2D eigenvalue weighted by atomic mass is 16.5. The molecule has 2 aromatic heterocycles. The summed E-state index contributed by atoms with van der Waals surface area (Å²) in [6.45, 7) is 7.28. The van der Waals surface area contributed by atoms with Crippen LogP contribution in [0.25, 0.3) is 11.3 Å². The minimum absolute atomic E-state index is 0.0358. The largest absolute Gasteiger partial charge is 0.507 e. The first-order valence-corrected chi connectivity index (χ1v) is 12.8. The summed E-state index contributed by atoms with van der Waals surface area (Å²) in [5, 5.41) is 26.6. The van der Waals surface area contributed by atoms with Crippen LogP contribution in [0, 0.1) is 11.8 Å². The lowest BCUT2D eigenvalue weighted by atomic mass is 9.66. The highest BCUT2D eigenvalue weighted by Crippen LogP contribution is 2.48. The molecule has 188 valence electrons. The SMILES string of the molecule is CC(C)Cc1cc(N2CCN(C(=O)[C@H]3C[C@@]4(Cc5cc(-c6ccccc6O)nnc5N4)C3)CC2)no1. The summed E-state index contributed by atoms with van der Waals surface area (Å²) in [4.78, 5) is 17.4. The van der Waals surface area contributed by atoms with Gasteiger partial charge in [0.1, 0.15) is 11.5 Å². The number of para-hydroxylation sites is 1. The van der Waals surface area contributed by atoms with Gasteiger partial charge in [-0.05, 0) is 43.4 Å². The molecule has 0 atom stereocenters. The normalized spacial score (nSPS) is 23.0. The van der Waals surface area contributed by atoms with Crippen molar-refractivity contribution in [3.8, 4) is 17.0 Å². The van der Waals surface area contributed by atoms with E-state index in [0.717, 1.165) is 61.7 Å². The van der Waals surface area contributed by atoms with Crippen molar-refractivity contribution >= 4 is 17.5 Å². The molecule has 2 fully saturated rings. The van der Waals surface area contributed by atoms with Crippen LogP contribution in [0.2, 0.25) is 0 Å². The van der Waals surface area contributed by atoms with Crippen molar-refractivity contribution in [2.24, 2.45) is 11.8 Å². The van der Waals surface area contributed by atoms with E-state index in [1.165, 1.54) is 0 Å². The molecule has 0 radical (unpaired) electrons. The molecular weight excluding hydrogens is 456 g/mol. The Bertz CT molecular complexity index is 1270. The van der Waals surface area contributed by atoms with Gasteiger partial charge in [0.15, 0.2) is 11.6 Å². The first-order chi connectivity index (χ1) is 17.4. The molecule has 36 heavy (non-hydrogen) atoms. The molecule has 2 N–H and O–H groups in total. The third kappa shape index (κ3) is 4.16. The Balaban J connectivity index is 1.03. The maximum atomic E-state index is 13.2. The summed E-state index contributed by atoms with van der Waals surface area (Å²) in [7, 11) is 0. The Labute approximate surface area is 210 Å². The molecule has 2 aliphatic heterocycles. The number of aromatic hydroxyl groups is 1. The molecule has 1 aliphatic carbocycles. The van der Waals surface area contributed by atoms with Gasteiger partial charge in [-0.25, -0.2) is 0 Å². The first-order valence-electron chi connectivity index (χ1n) is 12.8. The third-order valence-corrected chi connectivity index (χ3v) is 7.66. The highest BCUT2D eigenvalue weighted by Gasteiger charge is 2.52. The van der Waals surface area contributed by atoms with Gasteiger partial charge in [0.25, 0.3) is 0 Å². The number of amides is 1. The van der Waals surface area contributed by atoms with Crippen LogP contribution in [0.15, 0.2) is 40.9 Å². The molecule has 9 heteroatoms. The summed E-state index contributed by atoms with van der Waals surface area (Å²) in [5.74, 6) is 3.59. The fourth-order valence-electron chi connectivity index (χ4n) is 5.82. The van der Waals surface area contributed by atoms with Crippen molar-refractivity contribution in [3.05, 3.63) is 47.7 Å². The van der Waals surface area contributed by atoms with Crippen LogP contribution in [0.3, 0.4) is 0 Å². The van der Waals surface area contributed by atoms with Crippen LogP contribution in [0.1, 0.15) is 38.0 Å². The van der Waals surface area contributed by atoms with Gasteiger partial charge < -0.3 is 24.7 Å². The number of phenolic OH excluding ortho intramolecular Hbond substituents is 1. The van der Waals surface area contributed by atoms with E-state index in [2.05, 4.69) is 39.4 Å². The Kier molecular flexibility index (Phi) is 5.58. The number of benzene rings is 1. The Hall–Kier alpha value is -3.62. The van der Waals surface area contributed by atoms with E-state index < -0.39 is 0 Å². The monoisotopic (exact) mass is 488 g/mol. The second-order valence-electron chi connectivity index (χ2n) is 10.9. The van der Waals surface area contributed by atoms with Gasteiger partial charge in [0, 0.05) is 61.2 Å². The standard InChI is InChI=1S/C27H32N6O3/c1-17(2)11-20-13-24(31-36-20)32-7-9-33(10-8-32)26(35)19-15-27(16-19)14-18-12-22(29-30-25(18)28-27)21-5-3-4-6-23(21)34/h3-6,12-13,17,19,34H,7-11,14-16H2,1-2H3,(H,28,30)/t19-,27-. The topological polar surface area (TPSA) is 108 Å². The number of hydrogen-bond acceptors (Lipinski definition) is 8. The number of nitrogens with zero attached hydrogens (tertiary/aromatic N) is 5. The quantitative estimate of drug-likeness (QED) is 0.562. The number of aromatic nitrogens is 3. The smallest absolute Gasteiger partial charge is 0.225 e. The number of nitrogens with one attached hydrogen (secondary N) is 1. The van der Waals surface area contributed by atoms with Gasteiger partial charge >= 0.3 is 0 Å². The molecule has 9 nitrogen and oxygen atoms in total. The van der Waals surface area contributed by atoms with E-state index in [0.29, 0.717) is 30.3 Å². The van der Waals surface area contributed by atoms with E-state index >= 15 is 0 Å². The number of rotatable bonds is 5. The maximum Gasteiger partial charge on any atom is 0.225 e. The maximum absolute atomic E-state index is 13.2. The number of piperazine rings is 1. The molecule has 1 amide bonds. The molecule has 1 spiro atoms. The van der Waals surface area contributed by atoms with Gasteiger partial charge in [-0.3, -0.25) is 4.79 Å². The molecule has 6 rings (SSSR count). The number of hydrogen-bond donors (Lipinski definition) is 2. The van der Waals surface area contributed by atoms with Crippen LogP contribution in [-0.2, 0) is 17.6 Å². The summed E-state index contributed by atoms with van der Waals surface area (Å²) >= 11 is 0. The van der Waals surface area contributed by atoms with Crippen LogP contribution in [0.5, 0.6) is 5.75 Å². The van der Waals surface area contributed by atoms with Crippen molar-refractivity contribution in [1.29, 1.82) is 0 Å².